The summed E-state index contributed by atoms with van der Waals surface area (Å²) < 4.78 is 25.8. The molecule has 0 atom stereocenters. The van der Waals surface area contributed by atoms with Gasteiger partial charge < -0.3 is 10.2 Å². The summed E-state index contributed by atoms with van der Waals surface area (Å²) in [6.45, 7) is 1.42. The Kier molecular flexibility index (Phi) is 5.74. The van der Waals surface area contributed by atoms with Gasteiger partial charge in [0, 0.05) is 49.7 Å². The molecule has 1 saturated carbocycles. The van der Waals surface area contributed by atoms with Crippen molar-refractivity contribution in [3.05, 3.63) is 35.9 Å². The van der Waals surface area contributed by atoms with Gasteiger partial charge in [-0.05, 0) is 30.5 Å². The molecule has 6 nitrogen and oxygen atoms in total. The van der Waals surface area contributed by atoms with E-state index >= 15 is 0 Å². The molecule has 1 heterocycles. The van der Waals surface area contributed by atoms with Gasteiger partial charge in [-0.15, -0.1) is 0 Å². The van der Waals surface area contributed by atoms with Gasteiger partial charge in [0.25, 0.3) is 5.91 Å². The lowest BCUT2D eigenvalue weighted by Crippen LogP contribution is -2.50. The minimum atomic E-state index is -2.68. The fourth-order valence-corrected chi connectivity index (χ4v) is 3.55. The number of amides is 2. The van der Waals surface area contributed by atoms with Crippen LogP contribution in [0.1, 0.15) is 31.2 Å². The van der Waals surface area contributed by atoms with Gasteiger partial charge in [-0.25, -0.2) is 14.3 Å². The molecule has 1 aliphatic carbocycles. The maximum atomic E-state index is 12.9. The first-order valence-electron chi connectivity index (χ1n) is 9.02. The average molecular weight is 379 g/mol. The number of hydrogen-bond acceptors (Lipinski definition) is 4. The second-order valence-corrected chi connectivity index (χ2v) is 7.10. The van der Waals surface area contributed by atoms with E-state index in [-0.39, 0.29) is 24.8 Å². The number of rotatable bonds is 5. The molecule has 3 rings (SSSR count). The summed E-state index contributed by atoms with van der Waals surface area (Å²) in [5, 5.41) is 11.5. The lowest BCUT2D eigenvalue weighted by Gasteiger charge is -2.38. The average Bonchev–Trinajstić information content (AvgIpc) is 2.65. The number of alkyl halides is 2. The van der Waals surface area contributed by atoms with Crippen LogP contribution in [0.25, 0.3) is 6.08 Å². The van der Waals surface area contributed by atoms with Gasteiger partial charge in [-0.2, -0.15) is 0 Å². The molecule has 3 N–H and O–H groups in total. The Balaban J connectivity index is 1.54. The van der Waals surface area contributed by atoms with Crippen LogP contribution < -0.4 is 15.7 Å². The van der Waals surface area contributed by atoms with Crippen molar-refractivity contribution < 1.29 is 23.6 Å². The van der Waals surface area contributed by atoms with E-state index in [9.17, 15) is 18.4 Å². The number of carbonyl (C=O) groups is 2. The van der Waals surface area contributed by atoms with Crippen LogP contribution >= 0.6 is 0 Å². The number of halogens is 2. The zero-order valence-electron chi connectivity index (χ0n) is 14.8. The molecule has 0 aromatic heterocycles. The van der Waals surface area contributed by atoms with Crippen LogP contribution in [0.2, 0.25) is 0 Å². The maximum absolute atomic E-state index is 12.9. The molecule has 0 unspecified atom stereocenters. The minimum Gasteiger partial charge on any atom is -0.371 e. The molecular weight excluding hydrogens is 356 g/mol. The summed E-state index contributed by atoms with van der Waals surface area (Å²) in [6, 6.07) is 7.59. The van der Waals surface area contributed by atoms with Gasteiger partial charge in [0.2, 0.25) is 11.8 Å². The third-order valence-electron chi connectivity index (χ3n) is 5.10. The molecule has 8 heteroatoms. The molecule has 0 bridgehead atoms. The van der Waals surface area contributed by atoms with E-state index in [1.54, 1.807) is 11.6 Å². The van der Waals surface area contributed by atoms with E-state index in [2.05, 4.69) is 10.2 Å². The molecule has 146 valence electrons. The highest BCUT2D eigenvalue weighted by Crippen LogP contribution is 2.42. The molecule has 1 aromatic carbocycles. The van der Waals surface area contributed by atoms with Crippen LogP contribution in [0, 0.1) is 5.92 Å². The van der Waals surface area contributed by atoms with E-state index in [1.807, 2.05) is 24.3 Å². The van der Waals surface area contributed by atoms with Crippen LogP contribution in [0.5, 0.6) is 0 Å². The SMILES string of the molecule is O=C(C=Cc1ccccc1N1CCC(NC(=O)C2CC(F)(F)C2)CC1)NO. The highest BCUT2D eigenvalue weighted by Gasteiger charge is 2.48. The van der Waals surface area contributed by atoms with Crippen LogP contribution in [0.4, 0.5) is 14.5 Å². The Morgan fingerprint density at radius 3 is 2.48 bits per heavy atom. The summed E-state index contributed by atoms with van der Waals surface area (Å²) in [5.41, 5.74) is 3.36. The third kappa shape index (κ3) is 4.82. The standard InChI is InChI=1S/C19H23F2N3O3/c20-19(21)11-14(12-19)18(26)22-15-7-9-24(10-8-15)16-4-2-1-3-13(16)5-6-17(25)23-27/h1-6,14-15,27H,7-12H2,(H,22,26)(H,23,25). The molecule has 2 fully saturated rings. The number of benzene rings is 1. The number of anilines is 1. The molecule has 2 amide bonds. The molecular formula is C19H23F2N3O3. The molecule has 0 spiro atoms. The van der Waals surface area contributed by atoms with Crippen molar-refractivity contribution in [3.63, 3.8) is 0 Å². The van der Waals surface area contributed by atoms with Crippen molar-refractivity contribution in [2.75, 3.05) is 18.0 Å². The smallest absolute Gasteiger partial charge is 0.267 e. The number of para-hydroxylation sites is 1. The highest BCUT2D eigenvalue weighted by atomic mass is 19.3. The highest BCUT2D eigenvalue weighted by molar-refractivity contribution is 5.91. The van der Waals surface area contributed by atoms with Gasteiger partial charge >= 0.3 is 0 Å². The van der Waals surface area contributed by atoms with Gasteiger partial charge in [-0.1, -0.05) is 18.2 Å². The molecule has 0 radical (unpaired) electrons. The molecule has 1 aliphatic heterocycles. The summed E-state index contributed by atoms with van der Waals surface area (Å²) in [7, 11) is 0. The summed E-state index contributed by atoms with van der Waals surface area (Å²) in [5.74, 6) is -4.12. The first-order chi connectivity index (χ1) is 12.9. The van der Waals surface area contributed by atoms with Crippen molar-refractivity contribution in [1.29, 1.82) is 0 Å². The molecule has 2 aliphatic rings. The summed E-state index contributed by atoms with van der Waals surface area (Å²) in [4.78, 5) is 25.4. The zero-order chi connectivity index (χ0) is 19.4. The molecule has 1 aromatic rings. The number of hydroxylamine groups is 1. The largest absolute Gasteiger partial charge is 0.371 e. The van der Waals surface area contributed by atoms with E-state index in [1.165, 1.54) is 6.08 Å². The molecule has 1 saturated heterocycles. The lowest BCUT2D eigenvalue weighted by molar-refractivity contribution is -0.150. The van der Waals surface area contributed by atoms with Crippen molar-refractivity contribution in [1.82, 2.24) is 10.8 Å². The van der Waals surface area contributed by atoms with E-state index in [4.69, 9.17) is 5.21 Å². The van der Waals surface area contributed by atoms with Crippen molar-refractivity contribution in [2.45, 2.75) is 37.6 Å². The fourth-order valence-electron chi connectivity index (χ4n) is 3.55. The number of nitrogens with one attached hydrogen (secondary N) is 2. The van der Waals surface area contributed by atoms with Gasteiger partial charge in [0.05, 0.1) is 0 Å². The fraction of sp³-hybridized carbons (Fsp3) is 0.474. The predicted octanol–water partition coefficient (Wildman–Crippen LogP) is 2.34. The van der Waals surface area contributed by atoms with Gasteiger partial charge in [-0.3, -0.25) is 14.8 Å². The normalized spacial score (nSPS) is 20.3. The molecule has 27 heavy (non-hydrogen) atoms. The maximum Gasteiger partial charge on any atom is 0.267 e. The summed E-state index contributed by atoms with van der Waals surface area (Å²) >= 11 is 0. The van der Waals surface area contributed by atoms with Crippen molar-refractivity contribution >= 4 is 23.6 Å². The van der Waals surface area contributed by atoms with Gasteiger partial charge in [0.1, 0.15) is 0 Å². The van der Waals surface area contributed by atoms with E-state index in [0.29, 0.717) is 13.1 Å². The topological polar surface area (TPSA) is 81.7 Å². The van der Waals surface area contributed by atoms with Crippen LogP contribution in [-0.4, -0.2) is 42.1 Å². The van der Waals surface area contributed by atoms with Crippen molar-refractivity contribution in [3.8, 4) is 0 Å². The Hall–Kier alpha value is -2.48. The van der Waals surface area contributed by atoms with Crippen LogP contribution in [-0.2, 0) is 9.59 Å². The first-order valence-corrected chi connectivity index (χ1v) is 9.02. The van der Waals surface area contributed by atoms with Gasteiger partial charge in [0.15, 0.2) is 0 Å². The van der Waals surface area contributed by atoms with Crippen LogP contribution in [0.3, 0.4) is 0 Å². The third-order valence-corrected chi connectivity index (χ3v) is 5.10. The second-order valence-electron chi connectivity index (χ2n) is 7.10. The number of hydrogen-bond donors (Lipinski definition) is 3. The van der Waals surface area contributed by atoms with Crippen molar-refractivity contribution in [2.24, 2.45) is 5.92 Å². The lowest BCUT2D eigenvalue weighted by atomic mass is 9.80. The second kappa shape index (κ2) is 8.04. The summed E-state index contributed by atoms with van der Waals surface area (Å²) in [6.07, 6.45) is 3.64. The Morgan fingerprint density at radius 1 is 1.19 bits per heavy atom. The quantitative estimate of drug-likeness (QED) is 0.417. The number of nitrogens with zero attached hydrogens (tertiary/aromatic N) is 1. The van der Waals surface area contributed by atoms with Crippen LogP contribution in [0.15, 0.2) is 30.3 Å². The Labute approximate surface area is 156 Å². The zero-order valence-corrected chi connectivity index (χ0v) is 14.8. The predicted molar refractivity (Wildman–Crippen MR) is 96.5 cm³/mol. The minimum absolute atomic E-state index is 0.00848. The Bertz CT molecular complexity index is 723. The Morgan fingerprint density at radius 2 is 1.85 bits per heavy atom. The van der Waals surface area contributed by atoms with E-state index < -0.39 is 17.7 Å². The number of carbonyl (C=O) groups excluding carboxylic acids is 2. The monoisotopic (exact) mass is 379 g/mol. The first kappa shape index (κ1) is 19.3. The van der Waals surface area contributed by atoms with E-state index in [0.717, 1.165) is 24.1 Å². The number of piperidine rings is 1.